The number of benzene rings is 1. The van der Waals surface area contributed by atoms with E-state index in [1.54, 1.807) is 18.2 Å². The predicted molar refractivity (Wildman–Crippen MR) is 82.9 cm³/mol. The van der Waals surface area contributed by atoms with Crippen LogP contribution in [0.2, 0.25) is 0 Å². The molecule has 0 atom stereocenters. The van der Waals surface area contributed by atoms with E-state index >= 15 is 0 Å². The Balaban J connectivity index is 1.84. The van der Waals surface area contributed by atoms with Crippen molar-refractivity contribution in [2.24, 2.45) is 0 Å². The average molecular weight is 336 g/mol. The minimum Gasteiger partial charge on any atom is -0.435 e. The van der Waals surface area contributed by atoms with Crippen LogP contribution in [0.25, 0.3) is 5.78 Å². The van der Waals surface area contributed by atoms with Gasteiger partial charge >= 0.3 is 6.61 Å². The van der Waals surface area contributed by atoms with Gasteiger partial charge in [-0.2, -0.15) is 8.78 Å². The minimum atomic E-state index is -2.84. The van der Waals surface area contributed by atoms with Crippen LogP contribution in [0.3, 0.4) is 0 Å². The van der Waals surface area contributed by atoms with Crippen LogP contribution in [0.4, 0.5) is 8.78 Å². The zero-order chi connectivity index (χ0) is 16.4. The van der Waals surface area contributed by atoms with Gasteiger partial charge in [-0.3, -0.25) is 4.40 Å². The number of halogens is 2. The smallest absolute Gasteiger partial charge is 0.387 e. The molecule has 0 bridgehead atoms. The fourth-order valence-corrected chi connectivity index (χ4v) is 3.25. The molecule has 0 N–H and O–H groups in total. The van der Waals surface area contributed by atoms with E-state index in [4.69, 9.17) is 0 Å². The Morgan fingerprint density at radius 2 is 2.00 bits per heavy atom. The Labute approximate surface area is 135 Å². The van der Waals surface area contributed by atoms with Gasteiger partial charge < -0.3 is 4.74 Å². The molecular weight excluding hydrogens is 322 g/mol. The first kappa shape index (κ1) is 15.7. The third kappa shape index (κ3) is 3.42. The highest BCUT2D eigenvalue weighted by molar-refractivity contribution is 7.98. The summed E-state index contributed by atoms with van der Waals surface area (Å²) in [6.07, 6.45) is 0. The quantitative estimate of drug-likeness (QED) is 0.666. The number of ether oxygens (including phenoxy) is 1. The van der Waals surface area contributed by atoms with Crippen molar-refractivity contribution in [1.82, 2.24) is 19.6 Å². The molecule has 3 aromatic rings. The number of nitrogens with zero attached hydrogens (tertiary/aromatic N) is 4. The molecule has 0 saturated carbocycles. The SMILES string of the molecule is Cc1cc(C)n2c(SCc3ccccc3OC(F)F)nnc2n1. The molecule has 23 heavy (non-hydrogen) atoms. The maximum Gasteiger partial charge on any atom is 0.387 e. The van der Waals surface area contributed by atoms with Gasteiger partial charge in [-0.15, -0.1) is 10.2 Å². The van der Waals surface area contributed by atoms with Crippen LogP contribution in [0.5, 0.6) is 5.75 Å². The summed E-state index contributed by atoms with van der Waals surface area (Å²) in [5.74, 6) is 1.15. The van der Waals surface area contributed by atoms with Gasteiger partial charge in [-0.05, 0) is 26.0 Å². The fraction of sp³-hybridized carbons (Fsp3) is 0.267. The summed E-state index contributed by atoms with van der Waals surface area (Å²) in [4.78, 5) is 4.32. The van der Waals surface area contributed by atoms with E-state index in [0.29, 0.717) is 22.3 Å². The van der Waals surface area contributed by atoms with Crippen LogP contribution in [0.1, 0.15) is 17.0 Å². The van der Waals surface area contributed by atoms with Gasteiger partial charge in [0.2, 0.25) is 0 Å². The number of rotatable bonds is 5. The number of thioether (sulfide) groups is 1. The van der Waals surface area contributed by atoms with E-state index in [1.807, 2.05) is 24.3 Å². The highest BCUT2D eigenvalue weighted by atomic mass is 32.2. The van der Waals surface area contributed by atoms with Crippen molar-refractivity contribution < 1.29 is 13.5 Å². The third-order valence-corrected chi connectivity index (χ3v) is 4.19. The molecule has 0 radical (unpaired) electrons. The second-order valence-corrected chi connectivity index (χ2v) is 5.87. The Hall–Kier alpha value is -2.22. The maximum absolute atomic E-state index is 12.4. The zero-order valence-corrected chi connectivity index (χ0v) is 13.3. The topological polar surface area (TPSA) is 52.3 Å². The van der Waals surface area contributed by atoms with Crippen LogP contribution in [0, 0.1) is 13.8 Å². The first-order valence-electron chi connectivity index (χ1n) is 6.89. The molecule has 0 aliphatic heterocycles. The molecule has 0 aliphatic carbocycles. The molecule has 8 heteroatoms. The lowest BCUT2D eigenvalue weighted by molar-refractivity contribution is -0.0503. The number of hydrogen-bond acceptors (Lipinski definition) is 5. The number of hydrogen-bond donors (Lipinski definition) is 0. The van der Waals surface area contributed by atoms with Gasteiger partial charge in [0.15, 0.2) is 5.16 Å². The lowest BCUT2D eigenvalue weighted by Gasteiger charge is -2.10. The standard InChI is InChI=1S/C15H14F2N4OS/c1-9-7-10(2)21-14(18-9)19-20-15(21)23-8-11-5-3-4-6-12(11)22-13(16)17/h3-7,13H,8H2,1-2H3. The summed E-state index contributed by atoms with van der Waals surface area (Å²) >= 11 is 1.40. The maximum atomic E-state index is 12.4. The zero-order valence-electron chi connectivity index (χ0n) is 12.5. The van der Waals surface area contributed by atoms with Crippen molar-refractivity contribution in [2.45, 2.75) is 31.4 Å². The monoisotopic (exact) mass is 336 g/mol. The Morgan fingerprint density at radius 1 is 1.22 bits per heavy atom. The number of aryl methyl sites for hydroxylation is 2. The second kappa shape index (κ2) is 6.49. The first-order chi connectivity index (χ1) is 11.0. The lowest BCUT2D eigenvalue weighted by Crippen LogP contribution is -2.04. The van der Waals surface area contributed by atoms with Crippen LogP contribution in [-0.4, -0.2) is 26.2 Å². The van der Waals surface area contributed by atoms with E-state index in [-0.39, 0.29) is 5.75 Å². The van der Waals surface area contributed by atoms with Crippen LogP contribution in [-0.2, 0) is 5.75 Å². The molecular formula is C15H14F2N4OS. The van der Waals surface area contributed by atoms with Crippen LogP contribution < -0.4 is 4.74 Å². The van der Waals surface area contributed by atoms with Crippen molar-refractivity contribution in [3.05, 3.63) is 47.3 Å². The van der Waals surface area contributed by atoms with E-state index in [9.17, 15) is 8.78 Å². The molecule has 3 rings (SSSR count). The van der Waals surface area contributed by atoms with E-state index in [1.165, 1.54) is 17.8 Å². The molecule has 0 saturated heterocycles. The Kier molecular flexibility index (Phi) is 4.42. The van der Waals surface area contributed by atoms with Crippen LogP contribution >= 0.6 is 11.8 Å². The van der Waals surface area contributed by atoms with Gasteiger partial charge in [0, 0.05) is 22.7 Å². The van der Waals surface area contributed by atoms with Gasteiger partial charge in [0.05, 0.1) is 0 Å². The largest absolute Gasteiger partial charge is 0.435 e. The molecule has 2 aromatic heterocycles. The van der Waals surface area contributed by atoms with E-state index in [0.717, 1.165) is 11.4 Å². The molecule has 0 spiro atoms. The average Bonchev–Trinajstić information content (AvgIpc) is 2.89. The van der Waals surface area contributed by atoms with Crippen molar-refractivity contribution in [1.29, 1.82) is 0 Å². The molecule has 0 amide bonds. The number of para-hydroxylation sites is 1. The van der Waals surface area contributed by atoms with Gasteiger partial charge in [-0.1, -0.05) is 30.0 Å². The van der Waals surface area contributed by atoms with Gasteiger partial charge in [0.25, 0.3) is 5.78 Å². The van der Waals surface area contributed by atoms with E-state index in [2.05, 4.69) is 19.9 Å². The highest BCUT2D eigenvalue weighted by Gasteiger charge is 2.13. The molecule has 0 aliphatic rings. The van der Waals surface area contributed by atoms with Crippen molar-refractivity contribution in [3.8, 4) is 5.75 Å². The Bertz CT molecular complexity index is 837. The van der Waals surface area contributed by atoms with Crippen molar-refractivity contribution >= 4 is 17.5 Å². The molecule has 2 heterocycles. The summed E-state index contributed by atoms with van der Waals surface area (Å²) in [7, 11) is 0. The molecule has 0 fully saturated rings. The fourth-order valence-electron chi connectivity index (χ4n) is 2.27. The molecule has 120 valence electrons. The summed E-state index contributed by atoms with van der Waals surface area (Å²) < 4.78 is 31.3. The first-order valence-corrected chi connectivity index (χ1v) is 7.88. The molecule has 5 nitrogen and oxygen atoms in total. The predicted octanol–water partition coefficient (Wildman–Crippen LogP) is 3.63. The van der Waals surface area contributed by atoms with Crippen LogP contribution in [0.15, 0.2) is 35.5 Å². The number of fused-ring (bicyclic) bond motifs is 1. The third-order valence-electron chi connectivity index (χ3n) is 3.21. The summed E-state index contributed by atoms with van der Waals surface area (Å²) in [6.45, 7) is 1.000. The number of aromatic nitrogens is 4. The van der Waals surface area contributed by atoms with E-state index < -0.39 is 6.61 Å². The minimum absolute atomic E-state index is 0.175. The van der Waals surface area contributed by atoms with Gasteiger partial charge in [0.1, 0.15) is 5.75 Å². The van der Waals surface area contributed by atoms with Crippen molar-refractivity contribution in [3.63, 3.8) is 0 Å². The lowest BCUT2D eigenvalue weighted by atomic mass is 10.2. The summed E-state index contributed by atoms with van der Waals surface area (Å²) in [5.41, 5.74) is 2.51. The van der Waals surface area contributed by atoms with Crippen molar-refractivity contribution in [2.75, 3.05) is 0 Å². The molecule has 1 aromatic carbocycles. The second-order valence-electron chi connectivity index (χ2n) is 4.93. The summed E-state index contributed by atoms with van der Waals surface area (Å²) in [5, 5.41) is 8.84. The molecule has 0 unspecified atom stereocenters. The Morgan fingerprint density at radius 3 is 2.78 bits per heavy atom. The van der Waals surface area contributed by atoms with Gasteiger partial charge in [-0.25, -0.2) is 4.98 Å². The summed E-state index contributed by atoms with van der Waals surface area (Å²) in [6, 6.07) is 8.67. The highest BCUT2D eigenvalue weighted by Crippen LogP contribution is 2.28. The normalized spacial score (nSPS) is 11.3. The number of alkyl halides is 2.